The maximum atomic E-state index is 4.69. The second kappa shape index (κ2) is 7.96. The summed E-state index contributed by atoms with van der Waals surface area (Å²) in [6.07, 6.45) is 10.1. The lowest BCUT2D eigenvalue weighted by Crippen LogP contribution is -2.13. The van der Waals surface area contributed by atoms with Crippen LogP contribution in [0.15, 0.2) is 79.4 Å². The number of fused-ring (bicyclic) bond motifs is 2. The van der Waals surface area contributed by atoms with Crippen LogP contribution in [0.5, 0.6) is 0 Å². The van der Waals surface area contributed by atoms with E-state index in [1.165, 1.54) is 28.3 Å². The highest BCUT2D eigenvalue weighted by Crippen LogP contribution is 2.34. The average molecular weight is 415 g/mol. The van der Waals surface area contributed by atoms with Crippen LogP contribution in [0.4, 0.5) is 0 Å². The van der Waals surface area contributed by atoms with Gasteiger partial charge in [0, 0.05) is 52.7 Å². The third-order valence-electron chi connectivity index (χ3n) is 6.20. The fourth-order valence-electron chi connectivity index (χ4n) is 4.56. The minimum atomic E-state index is 0.373. The van der Waals surface area contributed by atoms with E-state index in [-0.39, 0.29) is 0 Å². The molecule has 0 saturated carbocycles. The Morgan fingerprint density at radius 2 is 1.84 bits per heavy atom. The normalized spacial score (nSPS) is 15.7. The standard InChI is InChI=1S/C28H22N4/c1-2-5-19(6-3-1)8-9-21-16-31-28-24(21)15-23(17-32-28)22-13-20-10-12-29-18-26(20)25(14-22)27-7-4-11-30-27/h1-3,5-6,10,12-18,27,30H,4,7,11H2,(H,31,32). The summed E-state index contributed by atoms with van der Waals surface area (Å²) >= 11 is 0. The lowest BCUT2D eigenvalue weighted by atomic mass is 9.93. The second-order valence-electron chi connectivity index (χ2n) is 8.25. The zero-order chi connectivity index (χ0) is 21.3. The SMILES string of the molecule is C(#Cc1c[nH]c2ncc(-c3cc(C4CCCN4)c4cnccc4c3)cc12)c1ccccc1. The van der Waals surface area contributed by atoms with Gasteiger partial charge in [-0.05, 0) is 72.3 Å². The molecular weight excluding hydrogens is 392 g/mol. The fourth-order valence-corrected chi connectivity index (χ4v) is 4.56. The highest BCUT2D eigenvalue weighted by molar-refractivity contribution is 5.92. The maximum Gasteiger partial charge on any atom is 0.138 e. The quantitative estimate of drug-likeness (QED) is 0.370. The van der Waals surface area contributed by atoms with E-state index >= 15 is 0 Å². The third kappa shape index (κ3) is 3.43. The molecule has 1 unspecified atom stereocenters. The summed E-state index contributed by atoms with van der Waals surface area (Å²) in [5.41, 5.74) is 6.40. The Balaban J connectivity index is 1.46. The lowest BCUT2D eigenvalue weighted by Gasteiger charge is -2.16. The van der Waals surface area contributed by atoms with E-state index in [1.807, 2.05) is 55.1 Å². The molecule has 2 aromatic carbocycles. The predicted molar refractivity (Wildman–Crippen MR) is 129 cm³/mol. The molecular formula is C28H22N4. The van der Waals surface area contributed by atoms with Crippen molar-refractivity contribution in [3.8, 4) is 23.0 Å². The molecule has 0 radical (unpaired) electrons. The highest BCUT2D eigenvalue weighted by Gasteiger charge is 2.20. The minimum Gasteiger partial charge on any atom is -0.345 e. The van der Waals surface area contributed by atoms with E-state index in [2.05, 4.69) is 56.4 Å². The molecule has 154 valence electrons. The van der Waals surface area contributed by atoms with Crippen LogP contribution in [-0.2, 0) is 0 Å². The van der Waals surface area contributed by atoms with Crippen LogP contribution in [-0.4, -0.2) is 21.5 Å². The molecule has 1 fully saturated rings. The Hall–Kier alpha value is -3.94. The predicted octanol–water partition coefficient (Wildman–Crippen LogP) is 5.60. The van der Waals surface area contributed by atoms with Gasteiger partial charge in [0.05, 0.1) is 5.56 Å². The third-order valence-corrected chi connectivity index (χ3v) is 6.20. The number of nitrogens with one attached hydrogen (secondary N) is 2. The second-order valence-corrected chi connectivity index (χ2v) is 8.25. The van der Waals surface area contributed by atoms with Crippen molar-refractivity contribution in [1.82, 2.24) is 20.3 Å². The Bertz CT molecular complexity index is 1480. The monoisotopic (exact) mass is 414 g/mol. The van der Waals surface area contributed by atoms with Crippen molar-refractivity contribution in [2.24, 2.45) is 0 Å². The molecule has 3 aromatic heterocycles. The molecule has 0 aliphatic carbocycles. The first kappa shape index (κ1) is 18.8. The van der Waals surface area contributed by atoms with E-state index in [9.17, 15) is 0 Å². The molecule has 4 nitrogen and oxygen atoms in total. The van der Waals surface area contributed by atoms with Crippen molar-refractivity contribution in [3.63, 3.8) is 0 Å². The zero-order valence-corrected chi connectivity index (χ0v) is 17.6. The number of H-pyrrole nitrogens is 1. The number of benzene rings is 2. The number of hydrogen-bond acceptors (Lipinski definition) is 3. The van der Waals surface area contributed by atoms with Crippen LogP contribution >= 0.6 is 0 Å². The molecule has 0 amide bonds. The van der Waals surface area contributed by atoms with Crippen LogP contribution < -0.4 is 5.32 Å². The Kier molecular flexibility index (Phi) is 4.67. The van der Waals surface area contributed by atoms with Gasteiger partial charge in [-0.25, -0.2) is 4.98 Å². The minimum absolute atomic E-state index is 0.373. The summed E-state index contributed by atoms with van der Waals surface area (Å²) in [6, 6.07) is 19.3. The molecule has 4 heterocycles. The van der Waals surface area contributed by atoms with E-state index in [0.717, 1.165) is 40.7 Å². The molecule has 5 aromatic rings. The van der Waals surface area contributed by atoms with Gasteiger partial charge in [-0.2, -0.15) is 0 Å². The number of pyridine rings is 2. The molecule has 6 rings (SSSR count). The number of aromatic amines is 1. The van der Waals surface area contributed by atoms with Crippen LogP contribution in [0.1, 0.15) is 35.6 Å². The van der Waals surface area contributed by atoms with Crippen LogP contribution in [0.3, 0.4) is 0 Å². The van der Waals surface area contributed by atoms with Gasteiger partial charge in [-0.1, -0.05) is 30.0 Å². The highest BCUT2D eigenvalue weighted by atomic mass is 14.9. The number of aromatic nitrogens is 3. The Labute approximate surface area is 186 Å². The van der Waals surface area contributed by atoms with Crippen LogP contribution in [0, 0.1) is 11.8 Å². The van der Waals surface area contributed by atoms with E-state index in [1.54, 1.807) is 0 Å². The van der Waals surface area contributed by atoms with Crippen molar-refractivity contribution >= 4 is 21.8 Å². The van der Waals surface area contributed by atoms with Crippen LogP contribution in [0.2, 0.25) is 0 Å². The number of rotatable bonds is 2. The van der Waals surface area contributed by atoms with Gasteiger partial charge in [0.15, 0.2) is 0 Å². The number of hydrogen-bond donors (Lipinski definition) is 2. The van der Waals surface area contributed by atoms with Crippen molar-refractivity contribution in [3.05, 3.63) is 96.1 Å². The smallest absolute Gasteiger partial charge is 0.138 e. The molecule has 0 spiro atoms. The van der Waals surface area contributed by atoms with Crippen molar-refractivity contribution in [2.75, 3.05) is 6.54 Å². The average Bonchev–Trinajstić information content (AvgIpc) is 3.53. The number of nitrogens with zero attached hydrogens (tertiary/aromatic N) is 2. The zero-order valence-electron chi connectivity index (χ0n) is 17.6. The molecule has 32 heavy (non-hydrogen) atoms. The molecule has 0 bridgehead atoms. The van der Waals surface area contributed by atoms with Gasteiger partial charge in [0.25, 0.3) is 0 Å². The van der Waals surface area contributed by atoms with E-state index < -0.39 is 0 Å². The maximum absolute atomic E-state index is 4.69. The van der Waals surface area contributed by atoms with Gasteiger partial charge in [-0.3, -0.25) is 4.98 Å². The van der Waals surface area contributed by atoms with Gasteiger partial charge in [-0.15, -0.1) is 0 Å². The summed E-state index contributed by atoms with van der Waals surface area (Å²) in [5, 5.41) is 7.12. The molecule has 1 aliphatic heterocycles. The summed E-state index contributed by atoms with van der Waals surface area (Å²) in [5.74, 6) is 6.56. The van der Waals surface area contributed by atoms with Crippen LogP contribution in [0.25, 0.3) is 32.9 Å². The summed E-state index contributed by atoms with van der Waals surface area (Å²) in [6.45, 7) is 1.07. The topological polar surface area (TPSA) is 53.6 Å². The van der Waals surface area contributed by atoms with Crippen molar-refractivity contribution in [2.45, 2.75) is 18.9 Å². The first-order chi connectivity index (χ1) is 15.8. The summed E-state index contributed by atoms with van der Waals surface area (Å²) in [7, 11) is 0. The van der Waals surface area contributed by atoms with Crippen molar-refractivity contribution < 1.29 is 0 Å². The van der Waals surface area contributed by atoms with Crippen molar-refractivity contribution in [1.29, 1.82) is 0 Å². The molecule has 2 N–H and O–H groups in total. The first-order valence-electron chi connectivity index (χ1n) is 11.0. The fraction of sp³-hybridized carbons (Fsp3) is 0.143. The summed E-state index contributed by atoms with van der Waals surface area (Å²) < 4.78 is 0. The largest absolute Gasteiger partial charge is 0.345 e. The Morgan fingerprint density at radius 3 is 2.72 bits per heavy atom. The van der Waals surface area contributed by atoms with Gasteiger partial charge in [0.1, 0.15) is 5.65 Å². The lowest BCUT2D eigenvalue weighted by molar-refractivity contribution is 0.653. The van der Waals surface area contributed by atoms with E-state index in [0.29, 0.717) is 6.04 Å². The summed E-state index contributed by atoms with van der Waals surface area (Å²) in [4.78, 5) is 12.3. The van der Waals surface area contributed by atoms with Gasteiger partial charge in [0.2, 0.25) is 0 Å². The Morgan fingerprint density at radius 1 is 0.906 bits per heavy atom. The molecule has 1 aliphatic rings. The first-order valence-corrected chi connectivity index (χ1v) is 11.0. The molecule has 1 atom stereocenters. The van der Waals surface area contributed by atoms with E-state index in [4.69, 9.17) is 0 Å². The van der Waals surface area contributed by atoms with Gasteiger partial charge >= 0.3 is 0 Å². The molecule has 1 saturated heterocycles. The molecule has 4 heteroatoms. The van der Waals surface area contributed by atoms with Gasteiger partial charge < -0.3 is 10.3 Å².